The molecule has 1 aromatic rings. The second-order valence-electron chi connectivity index (χ2n) is 4.83. The molecule has 1 aromatic heterocycles. The maximum atomic E-state index is 12.1. The maximum absolute atomic E-state index is 12.1. The van der Waals surface area contributed by atoms with E-state index in [-0.39, 0.29) is 28.2 Å². The number of sulfonamides is 1. The number of anilines is 1. The zero-order valence-corrected chi connectivity index (χ0v) is 13.0. The third-order valence-corrected chi connectivity index (χ3v) is 4.37. The van der Waals surface area contributed by atoms with Crippen molar-refractivity contribution >= 4 is 33.3 Å². The molecule has 0 unspecified atom stereocenters. The van der Waals surface area contributed by atoms with E-state index in [4.69, 9.17) is 17.3 Å². The Bertz CT molecular complexity index is 616. The van der Waals surface area contributed by atoms with Gasteiger partial charge in [0.15, 0.2) is 0 Å². The van der Waals surface area contributed by atoms with Crippen molar-refractivity contribution in [1.29, 1.82) is 0 Å². The zero-order chi connectivity index (χ0) is 15.6. The molecule has 112 valence electrons. The molecule has 0 atom stereocenters. The third-order valence-electron chi connectivity index (χ3n) is 2.70. The predicted octanol–water partition coefficient (Wildman–Crippen LogP) is 0.368. The molecule has 0 saturated carbocycles. The summed E-state index contributed by atoms with van der Waals surface area (Å²) in [5.74, 6) is -0.218. The van der Waals surface area contributed by atoms with Crippen molar-refractivity contribution in [3.8, 4) is 0 Å². The molecule has 0 bridgehead atoms. The van der Waals surface area contributed by atoms with E-state index in [1.54, 1.807) is 13.8 Å². The molecule has 0 fully saturated rings. The van der Waals surface area contributed by atoms with Gasteiger partial charge in [-0.25, -0.2) is 18.1 Å². The molecule has 1 rings (SSSR count). The molecule has 1 heterocycles. The van der Waals surface area contributed by atoms with Crippen LogP contribution in [-0.4, -0.2) is 32.9 Å². The number of aromatic nitrogens is 1. The van der Waals surface area contributed by atoms with Crippen LogP contribution in [0.2, 0.25) is 5.02 Å². The maximum Gasteiger partial charge on any atom is 0.242 e. The number of carbonyl (C=O) groups is 1. The van der Waals surface area contributed by atoms with Crippen molar-refractivity contribution in [2.24, 2.45) is 5.41 Å². The largest absolute Gasteiger partial charge is 0.382 e. The summed E-state index contributed by atoms with van der Waals surface area (Å²) in [6.45, 7) is 3.20. The highest BCUT2D eigenvalue weighted by atomic mass is 35.5. The Morgan fingerprint density at radius 2 is 2.10 bits per heavy atom. The van der Waals surface area contributed by atoms with Crippen LogP contribution < -0.4 is 15.8 Å². The summed E-state index contributed by atoms with van der Waals surface area (Å²) in [7, 11) is -2.32. The number of halogens is 1. The van der Waals surface area contributed by atoms with Crippen LogP contribution >= 0.6 is 11.6 Å². The Kier molecular flexibility index (Phi) is 4.95. The molecule has 0 radical (unpaired) electrons. The first-order valence-electron chi connectivity index (χ1n) is 5.73. The molecular formula is C11H17ClN4O3S. The Morgan fingerprint density at radius 3 is 2.60 bits per heavy atom. The quantitative estimate of drug-likeness (QED) is 0.725. The van der Waals surface area contributed by atoms with E-state index >= 15 is 0 Å². The van der Waals surface area contributed by atoms with Crippen LogP contribution in [0.25, 0.3) is 0 Å². The number of pyridine rings is 1. The molecule has 0 saturated heterocycles. The number of nitrogens with zero attached hydrogens (tertiary/aromatic N) is 1. The molecule has 9 heteroatoms. The lowest BCUT2D eigenvalue weighted by atomic mass is 9.93. The molecule has 0 aromatic carbocycles. The molecule has 0 aliphatic carbocycles. The standard InChI is InChI=1S/C11H17ClN4O3S/c1-11(2,10(17)14-3)6-16-20(18,19)7-4-8(12)9(13)15-5-7/h4-5,16H,6H2,1-3H3,(H2,13,15)(H,14,17). The second-order valence-corrected chi connectivity index (χ2v) is 7.00. The van der Waals surface area contributed by atoms with Crippen molar-refractivity contribution in [2.75, 3.05) is 19.3 Å². The highest BCUT2D eigenvalue weighted by Crippen LogP contribution is 2.20. The Hall–Kier alpha value is -1.38. The van der Waals surface area contributed by atoms with Gasteiger partial charge in [-0.3, -0.25) is 4.79 Å². The summed E-state index contributed by atoms with van der Waals surface area (Å²) in [5, 5.41) is 2.53. The minimum Gasteiger partial charge on any atom is -0.382 e. The third kappa shape index (κ3) is 3.81. The fraction of sp³-hybridized carbons (Fsp3) is 0.455. The fourth-order valence-corrected chi connectivity index (χ4v) is 2.77. The van der Waals surface area contributed by atoms with Gasteiger partial charge in [-0.2, -0.15) is 0 Å². The molecular weight excluding hydrogens is 304 g/mol. The SMILES string of the molecule is CNC(=O)C(C)(C)CNS(=O)(=O)c1cnc(N)c(Cl)c1. The van der Waals surface area contributed by atoms with Crippen molar-refractivity contribution in [2.45, 2.75) is 18.7 Å². The first-order chi connectivity index (χ1) is 9.10. The van der Waals surface area contributed by atoms with Crippen molar-refractivity contribution in [3.05, 3.63) is 17.3 Å². The summed E-state index contributed by atoms with van der Waals surface area (Å²) >= 11 is 5.74. The van der Waals surface area contributed by atoms with Gasteiger partial charge in [0.25, 0.3) is 0 Å². The summed E-state index contributed by atoms with van der Waals surface area (Å²) in [6.07, 6.45) is 1.11. The lowest BCUT2D eigenvalue weighted by molar-refractivity contribution is -0.128. The Balaban J connectivity index is 2.91. The highest BCUT2D eigenvalue weighted by Gasteiger charge is 2.29. The topological polar surface area (TPSA) is 114 Å². The van der Waals surface area contributed by atoms with Crippen molar-refractivity contribution in [3.63, 3.8) is 0 Å². The van der Waals surface area contributed by atoms with Gasteiger partial charge in [0.05, 0.1) is 10.4 Å². The monoisotopic (exact) mass is 320 g/mol. The fourth-order valence-electron chi connectivity index (χ4n) is 1.36. The number of rotatable bonds is 5. The van der Waals surface area contributed by atoms with Gasteiger partial charge in [-0.05, 0) is 19.9 Å². The van der Waals surface area contributed by atoms with Gasteiger partial charge < -0.3 is 11.1 Å². The van der Waals surface area contributed by atoms with Crippen LogP contribution in [-0.2, 0) is 14.8 Å². The Morgan fingerprint density at radius 1 is 1.50 bits per heavy atom. The first kappa shape index (κ1) is 16.7. The van der Waals surface area contributed by atoms with Crippen molar-refractivity contribution in [1.82, 2.24) is 15.0 Å². The van der Waals surface area contributed by atoms with Gasteiger partial charge >= 0.3 is 0 Å². The molecule has 7 nitrogen and oxygen atoms in total. The van der Waals surface area contributed by atoms with E-state index in [0.29, 0.717) is 0 Å². The van der Waals surface area contributed by atoms with Crippen LogP contribution in [0.5, 0.6) is 0 Å². The number of nitrogens with one attached hydrogen (secondary N) is 2. The van der Waals surface area contributed by atoms with Crippen LogP contribution in [0.15, 0.2) is 17.2 Å². The van der Waals surface area contributed by atoms with Gasteiger partial charge in [0.1, 0.15) is 10.7 Å². The van der Waals surface area contributed by atoms with Crippen LogP contribution in [0.4, 0.5) is 5.82 Å². The lowest BCUT2D eigenvalue weighted by Gasteiger charge is -2.22. The number of nitrogens with two attached hydrogens (primary N) is 1. The molecule has 0 spiro atoms. The predicted molar refractivity (Wildman–Crippen MR) is 76.7 cm³/mol. The number of hydrogen-bond donors (Lipinski definition) is 3. The zero-order valence-electron chi connectivity index (χ0n) is 11.4. The molecule has 1 amide bonds. The van der Waals surface area contributed by atoms with Gasteiger partial charge in [0, 0.05) is 19.8 Å². The number of carbonyl (C=O) groups excluding carboxylic acids is 1. The molecule has 0 aliphatic heterocycles. The molecule has 0 aliphatic rings. The minimum atomic E-state index is -3.81. The van der Waals surface area contributed by atoms with Gasteiger partial charge in [-0.1, -0.05) is 11.6 Å². The first-order valence-corrected chi connectivity index (χ1v) is 7.59. The van der Waals surface area contributed by atoms with Crippen LogP contribution in [0.3, 0.4) is 0 Å². The van der Waals surface area contributed by atoms with E-state index in [1.807, 2.05) is 0 Å². The van der Waals surface area contributed by atoms with Gasteiger partial charge in [-0.15, -0.1) is 0 Å². The lowest BCUT2D eigenvalue weighted by Crippen LogP contribution is -2.43. The summed E-state index contributed by atoms with van der Waals surface area (Å²) in [5.41, 5.74) is 4.54. The number of amides is 1. The minimum absolute atomic E-state index is 0.0521. The second kappa shape index (κ2) is 5.94. The molecule has 20 heavy (non-hydrogen) atoms. The van der Waals surface area contributed by atoms with Gasteiger partial charge in [0.2, 0.25) is 15.9 Å². The normalized spacial score (nSPS) is 12.2. The highest BCUT2D eigenvalue weighted by molar-refractivity contribution is 7.89. The molecule has 4 N–H and O–H groups in total. The Labute approximate surface area is 123 Å². The van der Waals surface area contributed by atoms with E-state index in [1.165, 1.54) is 13.1 Å². The van der Waals surface area contributed by atoms with Crippen LogP contribution in [0, 0.1) is 5.41 Å². The summed E-state index contributed by atoms with van der Waals surface area (Å²) in [6, 6.07) is 1.21. The number of hydrogen-bond acceptors (Lipinski definition) is 5. The summed E-state index contributed by atoms with van der Waals surface area (Å²) in [4.78, 5) is 15.2. The van der Waals surface area contributed by atoms with E-state index < -0.39 is 15.4 Å². The average molecular weight is 321 g/mol. The number of nitrogen functional groups attached to an aromatic ring is 1. The van der Waals surface area contributed by atoms with E-state index in [9.17, 15) is 13.2 Å². The summed E-state index contributed by atoms with van der Waals surface area (Å²) < 4.78 is 26.5. The average Bonchev–Trinajstić information content (AvgIpc) is 2.38. The van der Waals surface area contributed by atoms with Crippen molar-refractivity contribution < 1.29 is 13.2 Å². The van der Waals surface area contributed by atoms with Crippen LogP contribution in [0.1, 0.15) is 13.8 Å². The van der Waals surface area contributed by atoms with E-state index in [2.05, 4.69) is 15.0 Å². The smallest absolute Gasteiger partial charge is 0.242 e. The van der Waals surface area contributed by atoms with E-state index in [0.717, 1.165) is 6.20 Å².